The Kier molecular flexibility index (Phi) is 5.67. The highest BCUT2D eigenvalue weighted by molar-refractivity contribution is 6.03. The molecule has 0 aliphatic rings. The molecule has 150 valence electrons. The first-order valence-corrected chi connectivity index (χ1v) is 8.61. The predicted octanol–water partition coefficient (Wildman–Crippen LogP) is 3.73. The number of aromatic nitrogens is 2. The number of carbonyl (C=O) groups excluding carboxylic acids is 2. The lowest BCUT2D eigenvalue weighted by Gasteiger charge is -2.09. The van der Waals surface area contributed by atoms with Crippen molar-refractivity contribution < 1.29 is 22.8 Å². The van der Waals surface area contributed by atoms with Crippen LogP contribution >= 0.6 is 0 Å². The maximum Gasteiger partial charge on any atom is 0.405 e. The second-order valence-corrected chi connectivity index (χ2v) is 6.25. The molecule has 0 aliphatic heterocycles. The van der Waals surface area contributed by atoms with E-state index in [-0.39, 0.29) is 11.3 Å². The second kappa shape index (κ2) is 8.17. The van der Waals surface area contributed by atoms with Gasteiger partial charge in [0.2, 0.25) is 0 Å². The average molecular weight is 402 g/mol. The second-order valence-electron chi connectivity index (χ2n) is 6.25. The number of halogens is 3. The summed E-state index contributed by atoms with van der Waals surface area (Å²) >= 11 is 0. The number of nitrogens with zero attached hydrogens (tertiary/aromatic N) is 2. The molecule has 0 bridgehead atoms. The Bertz CT molecular complexity index is 1010. The van der Waals surface area contributed by atoms with Crippen molar-refractivity contribution in [2.24, 2.45) is 0 Å². The standard InChI is InChI=1S/C20H17F3N4O2/c1-13-11-17(26-27(13)16-5-3-2-4-6-16)19(29)25-15-9-7-14(8-10-15)18(28)24-12-20(21,22)23/h2-11H,12H2,1H3,(H,24,28)(H,25,29). The third kappa shape index (κ3) is 5.22. The Labute approximate surface area is 164 Å². The van der Waals surface area contributed by atoms with Crippen molar-refractivity contribution in [3.05, 3.63) is 77.6 Å². The van der Waals surface area contributed by atoms with Gasteiger partial charge in [-0.15, -0.1) is 0 Å². The molecule has 1 aromatic heterocycles. The highest BCUT2D eigenvalue weighted by atomic mass is 19.4. The molecule has 0 fully saturated rings. The highest BCUT2D eigenvalue weighted by Crippen LogP contribution is 2.16. The van der Waals surface area contributed by atoms with E-state index in [0.717, 1.165) is 11.4 Å². The molecule has 0 spiro atoms. The van der Waals surface area contributed by atoms with Crippen molar-refractivity contribution in [1.82, 2.24) is 15.1 Å². The van der Waals surface area contributed by atoms with Crippen LogP contribution in [0.2, 0.25) is 0 Å². The van der Waals surface area contributed by atoms with Crippen molar-refractivity contribution >= 4 is 17.5 Å². The number of alkyl halides is 3. The SMILES string of the molecule is Cc1cc(C(=O)Nc2ccc(C(=O)NCC(F)(F)F)cc2)nn1-c1ccccc1. The molecule has 1 heterocycles. The molecule has 0 atom stereocenters. The van der Waals surface area contributed by atoms with Gasteiger partial charge in [-0.05, 0) is 49.4 Å². The number of aryl methyl sites for hydroxylation is 1. The average Bonchev–Trinajstić information content (AvgIpc) is 3.09. The number of anilines is 1. The Balaban J connectivity index is 1.66. The van der Waals surface area contributed by atoms with E-state index in [1.165, 1.54) is 24.3 Å². The van der Waals surface area contributed by atoms with Crippen LogP contribution in [0.25, 0.3) is 5.69 Å². The van der Waals surface area contributed by atoms with Gasteiger partial charge in [0, 0.05) is 16.9 Å². The van der Waals surface area contributed by atoms with Crippen molar-refractivity contribution in [2.75, 3.05) is 11.9 Å². The normalized spacial score (nSPS) is 11.2. The van der Waals surface area contributed by atoms with E-state index in [2.05, 4.69) is 10.4 Å². The fourth-order valence-electron chi connectivity index (χ4n) is 2.60. The molecule has 29 heavy (non-hydrogen) atoms. The van der Waals surface area contributed by atoms with Crippen LogP contribution in [0.3, 0.4) is 0 Å². The first kappa shape index (κ1) is 20.1. The molecule has 2 N–H and O–H groups in total. The summed E-state index contributed by atoms with van der Waals surface area (Å²) in [7, 11) is 0. The van der Waals surface area contributed by atoms with Crippen LogP contribution in [0.1, 0.15) is 26.5 Å². The third-order valence-corrected chi connectivity index (χ3v) is 3.98. The summed E-state index contributed by atoms with van der Waals surface area (Å²) in [5, 5.41) is 8.73. The van der Waals surface area contributed by atoms with Gasteiger partial charge in [0.25, 0.3) is 11.8 Å². The number of hydrogen-bond acceptors (Lipinski definition) is 3. The van der Waals surface area contributed by atoms with E-state index >= 15 is 0 Å². The molecule has 3 aromatic rings. The number of para-hydroxylation sites is 1. The lowest BCUT2D eigenvalue weighted by Crippen LogP contribution is -2.33. The number of hydrogen-bond donors (Lipinski definition) is 2. The van der Waals surface area contributed by atoms with Gasteiger partial charge in [0.05, 0.1) is 5.69 Å². The molecule has 2 amide bonds. The van der Waals surface area contributed by atoms with Crippen LogP contribution in [-0.4, -0.2) is 34.3 Å². The van der Waals surface area contributed by atoms with E-state index in [1.807, 2.05) is 37.3 Å². The van der Waals surface area contributed by atoms with E-state index in [0.29, 0.717) is 5.69 Å². The van der Waals surface area contributed by atoms with Gasteiger partial charge < -0.3 is 10.6 Å². The summed E-state index contributed by atoms with van der Waals surface area (Å²) in [4.78, 5) is 24.2. The fraction of sp³-hybridized carbons (Fsp3) is 0.150. The summed E-state index contributed by atoms with van der Waals surface area (Å²) in [5.41, 5.74) is 2.24. The predicted molar refractivity (Wildman–Crippen MR) is 101 cm³/mol. The Hall–Kier alpha value is -3.62. The number of amides is 2. The number of benzene rings is 2. The third-order valence-electron chi connectivity index (χ3n) is 3.98. The van der Waals surface area contributed by atoms with E-state index in [1.54, 1.807) is 16.1 Å². The zero-order valence-electron chi connectivity index (χ0n) is 15.3. The summed E-state index contributed by atoms with van der Waals surface area (Å²) in [6.45, 7) is 0.416. The molecule has 0 saturated carbocycles. The first-order chi connectivity index (χ1) is 13.7. The molecule has 0 radical (unpaired) electrons. The maximum atomic E-state index is 12.5. The lowest BCUT2D eigenvalue weighted by atomic mass is 10.2. The first-order valence-electron chi connectivity index (χ1n) is 8.61. The molecule has 3 rings (SSSR count). The molecule has 0 aliphatic carbocycles. The Morgan fingerprint density at radius 3 is 2.28 bits per heavy atom. The molecule has 0 saturated heterocycles. The molecular formula is C20H17F3N4O2. The molecule has 0 unspecified atom stereocenters. The van der Waals surface area contributed by atoms with Gasteiger partial charge >= 0.3 is 6.18 Å². The van der Waals surface area contributed by atoms with E-state index < -0.39 is 24.5 Å². The lowest BCUT2D eigenvalue weighted by molar-refractivity contribution is -0.123. The van der Waals surface area contributed by atoms with Gasteiger partial charge in [0.1, 0.15) is 6.54 Å². The molecule has 6 nitrogen and oxygen atoms in total. The van der Waals surface area contributed by atoms with Gasteiger partial charge in [0.15, 0.2) is 5.69 Å². The van der Waals surface area contributed by atoms with E-state index in [4.69, 9.17) is 0 Å². The Morgan fingerprint density at radius 1 is 1.00 bits per heavy atom. The van der Waals surface area contributed by atoms with Crippen LogP contribution in [0, 0.1) is 6.92 Å². The maximum absolute atomic E-state index is 12.5. The molecular weight excluding hydrogens is 385 g/mol. The zero-order chi connectivity index (χ0) is 21.0. The van der Waals surface area contributed by atoms with Gasteiger partial charge in [-0.3, -0.25) is 9.59 Å². The smallest absolute Gasteiger partial charge is 0.343 e. The summed E-state index contributed by atoms with van der Waals surface area (Å²) in [5.74, 6) is -1.30. The van der Waals surface area contributed by atoms with Crippen LogP contribution in [0.5, 0.6) is 0 Å². The van der Waals surface area contributed by atoms with Crippen LogP contribution in [0.15, 0.2) is 60.7 Å². The van der Waals surface area contributed by atoms with Crippen LogP contribution < -0.4 is 10.6 Å². The van der Waals surface area contributed by atoms with Gasteiger partial charge in [-0.25, -0.2) is 4.68 Å². The van der Waals surface area contributed by atoms with Gasteiger partial charge in [-0.1, -0.05) is 18.2 Å². The topological polar surface area (TPSA) is 76.0 Å². The zero-order valence-corrected chi connectivity index (χ0v) is 15.3. The number of rotatable bonds is 5. The minimum Gasteiger partial charge on any atom is -0.343 e. The minimum absolute atomic E-state index is 0.0523. The quantitative estimate of drug-likeness (QED) is 0.683. The van der Waals surface area contributed by atoms with Crippen LogP contribution in [0.4, 0.5) is 18.9 Å². The largest absolute Gasteiger partial charge is 0.405 e. The van der Waals surface area contributed by atoms with E-state index in [9.17, 15) is 22.8 Å². The van der Waals surface area contributed by atoms with Crippen molar-refractivity contribution in [1.29, 1.82) is 0 Å². The monoisotopic (exact) mass is 402 g/mol. The summed E-state index contributed by atoms with van der Waals surface area (Å²) < 4.78 is 38.1. The Morgan fingerprint density at radius 2 is 1.66 bits per heavy atom. The molecule has 2 aromatic carbocycles. The minimum atomic E-state index is -4.48. The summed E-state index contributed by atoms with van der Waals surface area (Å²) in [6.07, 6.45) is -4.48. The van der Waals surface area contributed by atoms with Gasteiger partial charge in [-0.2, -0.15) is 18.3 Å². The molecule has 9 heteroatoms. The highest BCUT2D eigenvalue weighted by Gasteiger charge is 2.27. The summed E-state index contributed by atoms with van der Waals surface area (Å²) in [6, 6.07) is 16.5. The van der Waals surface area contributed by atoms with Crippen molar-refractivity contribution in [3.63, 3.8) is 0 Å². The van der Waals surface area contributed by atoms with Crippen molar-refractivity contribution in [3.8, 4) is 5.69 Å². The number of carbonyl (C=O) groups is 2. The van der Waals surface area contributed by atoms with Crippen LogP contribution in [-0.2, 0) is 0 Å². The number of nitrogens with one attached hydrogen (secondary N) is 2. The van der Waals surface area contributed by atoms with Crippen molar-refractivity contribution in [2.45, 2.75) is 13.1 Å². The fourth-order valence-corrected chi connectivity index (χ4v) is 2.60.